The first kappa shape index (κ1) is 26.7. The zero-order valence-corrected chi connectivity index (χ0v) is 22.2. The van der Waals surface area contributed by atoms with Crippen LogP contribution in [0.5, 0.6) is 0 Å². The lowest BCUT2D eigenvalue weighted by Crippen LogP contribution is -2.39. The van der Waals surface area contributed by atoms with Crippen LogP contribution in [-0.4, -0.2) is 32.8 Å². The molecule has 3 aromatic carbocycles. The van der Waals surface area contributed by atoms with Gasteiger partial charge in [0, 0.05) is 11.1 Å². The van der Waals surface area contributed by atoms with E-state index in [1.54, 1.807) is 42.5 Å². The van der Waals surface area contributed by atoms with Crippen molar-refractivity contribution in [2.75, 3.05) is 16.2 Å². The average Bonchev–Trinajstić information content (AvgIpc) is 2.88. The lowest BCUT2D eigenvalue weighted by molar-refractivity contribution is -0.114. The Kier molecular flexibility index (Phi) is 8.51. The molecule has 0 spiro atoms. The SMILES string of the molecule is Cc1cccc(N(CC(=O)Nc2ccccc2C(=O)NC2CCCCC2)S(=O)(=O)c2ccc(Cl)cc2)c1. The first-order valence-electron chi connectivity index (χ1n) is 12.3. The fourth-order valence-corrected chi connectivity index (χ4v) is 5.99. The molecule has 4 rings (SSSR count). The summed E-state index contributed by atoms with van der Waals surface area (Å²) in [5.41, 5.74) is 1.87. The number of halogens is 1. The van der Waals surface area contributed by atoms with Crippen LogP contribution in [0.15, 0.2) is 77.7 Å². The number of carbonyl (C=O) groups excluding carboxylic acids is 2. The van der Waals surface area contributed by atoms with Crippen molar-refractivity contribution < 1.29 is 18.0 Å². The van der Waals surface area contributed by atoms with Gasteiger partial charge in [0.1, 0.15) is 6.54 Å². The third-order valence-electron chi connectivity index (χ3n) is 6.36. The second-order valence-corrected chi connectivity index (χ2v) is 11.5. The fourth-order valence-electron chi connectivity index (χ4n) is 4.45. The van der Waals surface area contributed by atoms with E-state index in [2.05, 4.69) is 10.6 Å². The van der Waals surface area contributed by atoms with Crippen LogP contribution in [0, 0.1) is 6.92 Å². The molecule has 194 valence electrons. The first-order chi connectivity index (χ1) is 17.7. The summed E-state index contributed by atoms with van der Waals surface area (Å²) in [6.45, 7) is 1.37. The highest BCUT2D eigenvalue weighted by Crippen LogP contribution is 2.26. The molecule has 0 aliphatic heterocycles. The molecule has 37 heavy (non-hydrogen) atoms. The molecule has 0 saturated heterocycles. The highest BCUT2D eigenvalue weighted by Gasteiger charge is 2.28. The molecule has 0 bridgehead atoms. The van der Waals surface area contributed by atoms with Crippen LogP contribution in [0.4, 0.5) is 11.4 Å². The summed E-state index contributed by atoms with van der Waals surface area (Å²) in [4.78, 5) is 26.2. The molecule has 0 heterocycles. The third kappa shape index (κ3) is 6.70. The predicted octanol–water partition coefficient (Wildman–Crippen LogP) is 5.54. The number of rotatable bonds is 8. The number of aryl methyl sites for hydroxylation is 1. The topological polar surface area (TPSA) is 95.6 Å². The fraction of sp³-hybridized carbons (Fsp3) is 0.286. The molecular formula is C28H30ClN3O4S. The number of amides is 2. The van der Waals surface area contributed by atoms with Gasteiger partial charge < -0.3 is 10.6 Å². The summed E-state index contributed by atoms with van der Waals surface area (Å²) in [6.07, 6.45) is 5.22. The van der Waals surface area contributed by atoms with Gasteiger partial charge in [-0.1, -0.05) is 55.1 Å². The standard InChI is InChI=1S/C28H30ClN3O4S/c1-20-8-7-11-23(18-20)32(37(35,36)24-16-14-21(29)15-17-24)19-27(33)31-26-13-6-5-12-25(26)28(34)30-22-9-3-2-4-10-22/h5-8,11-18,22H,2-4,9-10,19H2,1H3,(H,30,34)(H,31,33). The van der Waals surface area contributed by atoms with Crippen LogP contribution in [-0.2, 0) is 14.8 Å². The number of carbonyl (C=O) groups is 2. The van der Waals surface area contributed by atoms with E-state index in [0.29, 0.717) is 22.0 Å². The molecule has 0 unspecified atom stereocenters. The molecule has 2 N–H and O–H groups in total. The van der Waals surface area contributed by atoms with E-state index in [0.717, 1.165) is 35.6 Å². The molecule has 0 radical (unpaired) electrons. The highest BCUT2D eigenvalue weighted by atomic mass is 35.5. The molecule has 1 aliphatic carbocycles. The zero-order chi connectivity index (χ0) is 26.4. The first-order valence-corrected chi connectivity index (χ1v) is 14.1. The Morgan fingerprint density at radius 3 is 2.35 bits per heavy atom. The molecule has 1 aliphatic rings. The zero-order valence-electron chi connectivity index (χ0n) is 20.6. The number of nitrogens with zero attached hydrogens (tertiary/aromatic N) is 1. The van der Waals surface area contributed by atoms with Crippen LogP contribution in [0.2, 0.25) is 5.02 Å². The lowest BCUT2D eigenvalue weighted by atomic mass is 9.95. The van der Waals surface area contributed by atoms with Gasteiger partial charge in [-0.25, -0.2) is 8.42 Å². The second-order valence-electron chi connectivity index (χ2n) is 9.21. The molecule has 3 aromatic rings. The van der Waals surface area contributed by atoms with Gasteiger partial charge in [0.25, 0.3) is 15.9 Å². The second kappa shape index (κ2) is 11.8. The van der Waals surface area contributed by atoms with Gasteiger partial charge in [-0.15, -0.1) is 0 Å². The number of hydrogen-bond donors (Lipinski definition) is 2. The molecule has 9 heteroatoms. The van der Waals surface area contributed by atoms with Gasteiger partial charge in [0.05, 0.1) is 21.8 Å². The molecule has 1 saturated carbocycles. The number of para-hydroxylation sites is 1. The number of anilines is 2. The minimum absolute atomic E-state index is 0.0125. The van der Waals surface area contributed by atoms with Crippen molar-refractivity contribution in [3.05, 3.63) is 88.9 Å². The van der Waals surface area contributed by atoms with Crippen molar-refractivity contribution in [1.82, 2.24) is 5.32 Å². The third-order valence-corrected chi connectivity index (χ3v) is 8.40. The molecule has 0 aromatic heterocycles. The molecule has 2 amide bonds. The number of hydrogen-bond acceptors (Lipinski definition) is 4. The quantitative estimate of drug-likeness (QED) is 0.392. The van der Waals surface area contributed by atoms with Crippen LogP contribution in [0.3, 0.4) is 0 Å². The van der Waals surface area contributed by atoms with Crippen molar-refractivity contribution >= 4 is 44.8 Å². The van der Waals surface area contributed by atoms with Gasteiger partial charge >= 0.3 is 0 Å². The van der Waals surface area contributed by atoms with Gasteiger partial charge in [0.2, 0.25) is 5.91 Å². The van der Waals surface area contributed by atoms with E-state index in [-0.39, 0.29) is 16.8 Å². The summed E-state index contributed by atoms with van der Waals surface area (Å²) >= 11 is 5.95. The summed E-state index contributed by atoms with van der Waals surface area (Å²) < 4.78 is 28.2. The van der Waals surface area contributed by atoms with Crippen molar-refractivity contribution in [3.63, 3.8) is 0 Å². The lowest BCUT2D eigenvalue weighted by Gasteiger charge is -2.25. The molecular weight excluding hydrogens is 510 g/mol. The average molecular weight is 540 g/mol. The number of nitrogens with one attached hydrogen (secondary N) is 2. The maximum atomic E-state index is 13.6. The van der Waals surface area contributed by atoms with E-state index < -0.39 is 22.5 Å². The Morgan fingerprint density at radius 1 is 0.946 bits per heavy atom. The van der Waals surface area contributed by atoms with Crippen molar-refractivity contribution in [2.24, 2.45) is 0 Å². The molecule has 0 atom stereocenters. The Balaban J connectivity index is 1.57. The van der Waals surface area contributed by atoms with Crippen LogP contribution < -0.4 is 14.9 Å². The summed E-state index contributed by atoms with van der Waals surface area (Å²) in [5.74, 6) is -0.830. The maximum Gasteiger partial charge on any atom is 0.264 e. The van der Waals surface area contributed by atoms with E-state index in [1.165, 1.54) is 30.7 Å². The van der Waals surface area contributed by atoms with Gasteiger partial charge in [-0.3, -0.25) is 13.9 Å². The van der Waals surface area contributed by atoms with Crippen molar-refractivity contribution in [1.29, 1.82) is 0 Å². The monoisotopic (exact) mass is 539 g/mol. The van der Waals surface area contributed by atoms with E-state index in [9.17, 15) is 18.0 Å². The molecule has 1 fully saturated rings. The van der Waals surface area contributed by atoms with E-state index in [4.69, 9.17) is 11.6 Å². The molecule has 7 nitrogen and oxygen atoms in total. The normalized spacial score (nSPS) is 14.1. The van der Waals surface area contributed by atoms with Crippen LogP contribution in [0.25, 0.3) is 0 Å². The summed E-state index contributed by atoms with van der Waals surface area (Å²) in [6, 6.07) is 19.6. The predicted molar refractivity (Wildman–Crippen MR) is 147 cm³/mol. The summed E-state index contributed by atoms with van der Waals surface area (Å²) in [5, 5.41) is 6.22. The van der Waals surface area contributed by atoms with Gasteiger partial charge in [-0.05, 0) is 73.9 Å². The Bertz CT molecular complexity index is 1370. The van der Waals surface area contributed by atoms with E-state index in [1.807, 2.05) is 13.0 Å². The van der Waals surface area contributed by atoms with Crippen LogP contribution >= 0.6 is 11.6 Å². The minimum atomic E-state index is -4.09. The largest absolute Gasteiger partial charge is 0.349 e. The Morgan fingerprint density at radius 2 is 1.65 bits per heavy atom. The van der Waals surface area contributed by atoms with Gasteiger partial charge in [-0.2, -0.15) is 0 Å². The van der Waals surface area contributed by atoms with Crippen molar-refractivity contribution in [2.45, 2.75) is 50.0 Å². The smallest absolute Gasteiger partial charge is 0.264 e. The van der Waals surface area contributed by atoms with Crippen LogP contribution in [0.1, 0.15) is 48.0 Å². The number of benzene rings is 3. The maximum absolute atomic E-state index is 13.6. The summed E-state index contributed by atoms with van der Waals surface area (Å²) in [7, 11) is -4.09. The minimum Gasteiger partial charge on any atom is -0.349 e. The van der Waals surface area contributed by atoms with E-state index >= 15 is 0 Å². The van der Waals surface area contributed by atoms with Gasteiger partial charge in [0.15, 0.2) is 0 Å². The van der Waals surface area contributed by atoms with Crippen molar-refractivity contribution in [3.8, 4) is 0 Å². The highest BCUT2D eigenvalue weighted by molar-refractivity contribution is 7.92. The Labute approximate surface area is 222 Å². The Hall–Kier alpha value is -3.36. The number of sulfonamides is 1.